The molecule has 0 fully saturated rings. The molecule has 0 bridgehead atoms. The summed E-state index contributed by atoms with van der Waals surface area (Å²) in [5.74, 6) is -4.48. The highest BCUT2D eigenvalue weighted by Gasteiger charge is 2.45. The largest absolute Gasteiger partial charge is 0.368 e. The van der Waals surface area contributed by atoms with Gasteiger partial charge >= 0.3 is 0 Å². The third-order valence-corrected chi connectivity index (χ3v) is 8.19. The summed E-state index contributed by atoms with van der Waals surface area (Å²) in [6.45, 7) is -0.0124. The Labute approximate surface area is 257 Å². The quantitative estimate of drug-likeness (QED) is 0.222. The minimum absolute atomic E-state index is 0.00781. The smallest absolute Gasteiger partial charge is 0.240 e. The summed E-state index contributed by atoms with van der Waals surface area (Å²) in [5.41, 5.74) is 13.2. The first-order chi connectivity index (χ1) is 20.6. The van der Waals surface area contributed by atoms with Crippen molar-refractivity contribution in [1.82, 2.24) is 4.90 Å². The Balaban J connectivity index is 1.77. The number of carbonyl (C=O) groups excluding carboxylic acids is 4. The van der Waals surface area contributed by atoms with E-state index in [1.165, 1.54) is 17.0 Å². The molecule has 1 heterocycles. The number of halogens is 3. The van der Waals surface area contributed by atoms with Crippen molar-refractivity contribution in [3.63, 3.8) is 0 Å². The lowest BCUT2D eigenvalue weighted by atomic mass is 9.79. The molecule has 12 heteroatoms. The average molecular weight is 625 g/mol. The molecule has 3 atom stereocenters. The first kappa shape index (κ1) is 31.6. The molecule has 9 nitrogen and oxygen atoms in total. The summed E-state index contributed by atoms with van der Waals surface area (Å²) in [6.07, 6.45) is -0.401. The number of primary amides is 1. The van der Waals surface area contributed by atoms with E-state index in [-0.39, 0.29) is 59.3 Å². The zero-order valence-corrected chi connectivity index (χ0v) is 24.4. The lowest BCUT2D eigenvalue weighted by Crippen LogP contribution is -2.56. The Morgan fingerprint density at radius 3 is 2.44 bits per heavy atom. The Morgan fingerprint density at radius 1 is 1.07 bits per heavy atom. The van der Waals surface area contributed by atoms with E-state index in [1.54, 1.807) is 48.5 Å². The molecule has 3 aromatic rings. The van der Waals surface area contributed by atoms with Gasteiger partial charge in [-0.3, -0.25) is 19.2 Å². The third kappa shape index (κ3) is 6.86. The van der Waals surface area contributed by atoms with Crippen molar-refractivity contribution in [2.24, 2.45) is 17.4 Å². The number of nitrogens with one attached hydrogen (secondary N) is 1. The fourth-order valence-electron chi connectivity index (χ4n) is 5.33. The first-order valence-corrected chi connectivity index (χ1v) is 14.2. The van der Waals surface area contributed by atoms with Gasteiger partial charge in [-0.1, -0.05) is 59.6 Å². The molecule has 1 aliphatic heterocycles. The fourth-order valence-corrected chi connectivity index (χ4v) is 5.64. The van der Waals surface area contributed by atoms with Gasteiger partial charge in [-0.2, -0.15) is 5.26 Å². The van der Waals surface area contributed by atoms with Crippen LogP contribution in [0.5, 0.6) is 0 Å². The predicted molar refractivity (Wildman–Crippen MR) is 160 cm³/mol. The number of nitrogens with zero attached hydrogens (tertiary/aromatic N) is 2. The van der Waals surface area contributed by atoms with Gasteiger partial charge in [0.15, 0.2) is 11.6 Å². The van der Waals surface area contributed by atoms with Gasteiger partial charge in [-0.25, -0.2) is 4.39 Å². The summed E-state index contributed by atoms with van der Waals surface area (Å²) in [5, 5.41) is 11.7. The third-order valence-electron chi connectivity index (χ3n) is 7.41. The number of hydrogen-bond acceptors (Lipinski definition) is 6. The van der Waals surface area contributed by atoms with Gasteiger partial charge in [0.2, 0.25) is 17.7 Å². The number of hydrogen-bond donors (Lipinski definition) is 3. The number of carbonyl (C=O) groups is 4. The molecule has 3 aromatic carbocycles. The molecule has 1 aliphatic rings. The van der Waals surface area contributed by atoms with Gasteiger partial charge in [0.05, 0.1) is 39.3 Å². The van der Waals surface area contributed by atoms with Crippen LogP contribution in [0.2, 0.25) is 10.0 Å². The van der Waals surface area contributed by atoms with E-state index in [2.05, 4.69) is 11.4 Å². The van der Waals surface area contributed by atoms with Crippen LogP contribution in [-0.4, -0.2) is 41.0 Å². The molecule has 0 spiro atoms. The van der Waals surface area contributed by atoms with E-state index in [9.17, 15) is 28.8 Å². The second-order valence-electron chi connectivity index (χ2n) is 10.1. The Bertz CT molecular complexity index is 1610. The number of amides is 3. The SMILES string of the molecule is N#Cc1ccc2c(c1)C([C@H](CCN)C(=O)Nc1ccc(Cl)c(Cl)c1F)N(C(=O)CCC(=O)c1ccccc1)C(C(N)=O)C2. The number of Topliss-reactive ketones (excluding diaryl/α,β-unsaturated/α-hetero) is 1. The van der Waals surface area contributed by atoms with E-state index in [0.29, 0.717) is 16.7 Å². The molecular weight excluding hydrogens is 596 g/mol. The first-order valence-electron chi connectivity index (χ1n) is 13.4. The summed E-state index contributed by atoms with van der Waals surface area (Å²) in [4.78, 5) is 54.5. The van der Waals surface area contributed by atoms with Crippen molar-refractivity contribution in [3.05, 3.63) is 98.8 Å². The molecule has 5 N–H and O–H groups in total. The van der Waals surface area contributed by atoms with Crippen molar-refractivity contribution in [2.45, 2.75) is 37.8 Å². The van der Waals surface area contributed by atoms with Crippen LogP contribution in [0.4, 0.5) is 10.1 Å². The Hall–Kier alpha value is -4.30. The zero-order chi connectivity index (χ0) is 31.3. The van der Waals surface area contributed by atoms with Crippen molar-refractivity contribution in [3.8, 4) is 6.07 Å². The van der Waals surface area contributed by atoms with E-state index in [4.69, 9.17) is 34.7 Å². The number of rotatable bonds is 10. The Kier molecular flexibility index (Phi) is 10.1. The fraction of sp³-hybridized carbons (Fsp3) is 0.258. The summed E-state index contributed by atoms with van der Waals surface area (Å²) in [7, 11) is 0. The normalized spacial score (nSPS) is 16.5. The van der Waals surface area contributed by atoms with E-state index in [0.717, 1.165) is 0 Å². The molecule has 4 rings (SSSR count). The maximum absolute atomic E-state index is 14.9. The van der Waals surface area contributed by atoms with Crippen LogP contribution in [0.15, 0.2) is 60.7 Å². The van der Waals surface area contributed by atoms with Gasteiger partial charge in [-0.15, -0.1) is 0 Å². The number of fused-ring (bicyclic) bond motifs is 1. The van der Waals surface area contributed by atoms with E-state index in [1.807, 2.05) is 0 Å². The second kappa shape index (κ2) is 13.8. The van der Waals surface area contributed by atoms with Crippen molar-refractivity contribution < 1.29 is 23.6 Å². The number of ketones is 1. The van der Waals surface area contributed by atoms with Crippen LogP contribution in [0.25, 0.3) is 0 Å². The maximum atomic E-state index is 14.9. The van der Waals surface area contributed by atoms with Gasteiger partial charge < -0.3 is 21.7 Å². The van der Waals surface area contributed by atoms with Gasteiger partial charge in [0.1, 0.15) is 6.04 Å². The van der Waals surface area contributed by atoms with Gasteiger partial charge in [0.25, 0.3) is 0 Å². The number of nitrogens with two attached hydrogens (primary N) is 2. The number of anilines is 1. The van der Waals surface area contributed by atoms with Gasteiger partial charge in [-0.05, 0) is 48.4 Å². The summed E-state index contributed by atoms with van der Waals surface area (Å²) >= 11 is 11.8. The van der Waals surface area contributed by atoms with Crippen LogP contribution >= 0.6 is 23.2 Å². The van der Waals surface area contributed by atoms with Crippen LogP contribution in [0, 0.1) is 23.1 Å². The molecule has 0 saturated carbocycles. The summed E-state index contributed by atoms with van der Waals surface area (Å²) in [6, 6.07) is 15.5. The van der Waals surface area contributed by atoms with Crippen molar-refractivity contribution in [2.75, 3.05) is 11.9 Å². The highest BCUT2D eigenvalue weighted by atomic mass is 35.5. The van der Waals surface area contributed by atoms with E-state index < -0.39 is 41.5 Å². The number of benzene rings is 3. The molecule has 0 aliphatic carbocycles. The molecule has 0 saturated heterocycles. The highest BCUT2D eigenvalue weighted by molar-refractivity contribution is 6.42. The molecule has 2 unspecified atom stereocenters. The predicted octanol–water partition coefficient (Wildman–Crippen LogP) is 4.55. The van der Waals surface area contributed by atoms with Crippen LogP contribution in [0.1, 0.15) is 52.4 Å². The topological polar surface area (TPSA) is 159 Å². The van der Waals surface area contributed by atoms with Crippen LogP contribution in [-0.2, 0) is 20.8 Å². The number of nitriles is 1. The maximum Gasteiger partial charge on any atom is 0.240 e. The van der Waals surface area contributed by atoms with Crippen molar-refractivity contribution in [1.29, 1.82) is 5.26 Å². The Morgan fingerprint density at radius 2 is 1.79 bits per heavy atom. The molecule has 0 radical (unpaired) electrons. The van der Waals surface area contributed by atoms with E-state index >= 15 is 0 Å². The lowest BCUT2D eigenvalue weighted by molar-refractivity contribution is -0.146. The average Bonchev–Trinajstić information content (AvgIpc) is 3.01. The lowest BCUT2D eigenvalue weighted by Gasteiger charge is -2.45. The highest BCUT2D eigenvalue weighted by Crippen LogP contribution is 2.41. The molecule has 0 aromatic heterocycles. The van der Waals surface area contributed by atoms with Crippen LogP contribution in [0.3, 0.4) is 0 Å². The van der Waals surface area contributed by atoms with Crippen LogP contribution < -0.4 is 16.8 Å². The zero-order valence-electron chi connectivity index (χ0n) is 22.9. The second-order valence-corrected chi connectivity index (χ2v) is 10.9. The van der Waals surface area contributed by atoms with Crippen molar-refractivity contribution >= 4 is 52.4 Å². The molecular formula is C31H28Cl2FN5O4. The molecule has 43 heavy (non-hydrogen) atoms. The van der Waals surface area contributed by atoms with Gasteiger partial charge in [0, 0.05) is 24.8 Å². The standard InChI is InChI=1S/C31H28Cl2FN5O4/c32-22-8-9-23(28(34)27(22)33)38-31(43)20(12-13-35)29-21-14-17(16-36)6-7-19(21)15-24(30(37)42)39(29)26(41)11-10-25(40)18-4-2-1-3-5-18/h1-9,14,20,24,29H,10-13,15,35H2,(H2,37,42)(H,38,43)/t20-,24?,29?/m0/s1. The minimum Gasteiger partial charge on any atom is -0.368 e. The monoisotopic (exact) mass is 623 g/mol. The summed E-state index contributed by atoms with van der Waals surface area (Å²) < 4.78 is 14.9. The molecule has 3 amide bonds. The minimum atomic E-state index is -1.17. The molecule has 222 valence electrons.